The smallest absolute Gasteiger partial charge is 0.252 e. The molecule has 3 nitrogen and oxygen atoms in total. The van der Waals surface area contributed by atoms with Gasteiger partial charge in [-0.2, -0.15) is 0 Å². The van der Waals surface area contributed by atoms with E-state index in [0.29, 0.717) is 18.4 Å². The summed E-state index contributed by atoms with van der Waals surface area (Å²) in [6.45, 7) is 6.01. The Labute approximate surface area is 132 Å². The lowest BCUT2D eigenvalue weighted by Gasteiger charge is -2.27. The molecule has 0 saturated heterocycles. The molecule has 2 aromatic rings. The highest BCUT2D eigenvalue weighted by atomic mass is 16.1. The van der Waals surface area contributed by atoms with E-state index in [0.717, 1.165) is 11.3 Å². The number of nitrogens with zero attached hydrogens (tertiary/aromatic N) is 1. The van der Waals surface area contributed by atoms with Crippen LogP contribution in [0, 0.1) is 19.3 Å². The van der Waals surface area contributed by atoms with Crippen molar-refractivity contribution < 1.29 is 4.79 Å². The molecule has 1 aromatic heterocycles. The van der Waals surface area contributed by atoms with E-state index < -0.39 is 5.54 Å². The van der Waals surface area contributed by atoms with Gasteiger partial charge in [-0.15, -0.1) is 6.42 Å². The number of rotatable bonds is 5. The van der Waals surface area contributed by atoms with Gasteiger partial charge in [0.25, 0.3) is 5.91 Å². The van der Waals surface area contributed by atoms with Crippen LogP contribution in [-0.4, -0.2) is 16.0 Å². The van der Waals surface area contributed by atoms with Gasteiger partial charge in [-0.25, -0.2) is 0 Å². The number of aromatic nitrogens is 1. The zero-order chi connectivity index (χ0) is 16.2. The van der Waals surface area contributed by atoms with Crippen LogP contribution in [0.15, 0.2) is 42.7 Å². The predicted molar refractivity (Wildman–Crippen MR) is 90.1 cm³/mol. The SMILES string of the molecule is C#CC(CC)(CC)NC(=O)c1ccc(C)c(-n2cccc2)c1. The van der Waals surface area contributed by atoms with E-state index in [1.54, 1.807) is 0 Å². The number of benzene rings is 1. The Balaban J connectivity index is 2.32. The molecule has 1 aromatic carbocycles. The lowest BCUT2D eigenvalue weighted by molar-refractivity contribution is 0.0916. The minimum absolute atomic E-state index is 0.130. The second-order valence-corrected chi connectivity index (χ2v) is 5.48. The quantitative estimate of drug-likeness (QED) is 0.838. The van der Waals surface area contributed by atoms with Crippen LogP contribution >= 0.6 is 0 Å². The van der Waals surface area contributed by atoms with Crippen LogP contribution in [0.2, 0.25) is 0 Å². The van der Waals surface area contributed by atoms with Crippen molar-refractivity contribution in [3.63, 3.8) is 0 Å². The minimum Gasteiger partial charge on any atom is -0.336 e. The van der Waals surface area contributed by atoms with E-state index in [1.165, 1.54) is 0 Å². The zero-order valence-electron chi connectivity index (χ0n) is 13.4. The summed E-state index contributed by atoms with van der Waals surface area (Å²) in [5.74, 6) is 2.60. The number of carbonyl (C=O) groups excluding carboxylic acids is 1. The Bertz CT molecular complexity index is 689. The van der Waals surface area contributed by atoms with Crippen LogP contribution in [0.4, 0.5) is 0 Å². The van der Waals surface area contributed by atoms with Crippen LogP contribution in [0.3, 0.4) is 0 Å². The Kier molecular flexibility index (Phi) is 4.72. The van der Waals surface area contributed by atoms with Gasteiger partial charge in [0, 0.05) is 23.6 Å². The summed E-state index contributed by atoms with van der Waals surface area (Å²) in [6, 6.07) is 9.62. The van der Waals surface area contributed by atoms with Gasteiger partial charge in [0.15, 0.2) is 0 Å². The second-order valence-electron chi connectivity index (χ2n) is 5.48. The molecule has 114 valence electrons. The number of nitrogens with one attached hydrogen (secondary N) is 1. The molecule has 0 unspecified atom stereocenters. The van der Waals surface area contributed by atoms with Crippen LogP contribution < -0.4 is 5.32 Å². The van der Waals surface area contributed by atoms with Crippen LogP contribution in [0.25, 0.3) is 5.69 Å². The van der Waals surface area contributed by atoms with Gasteiger partial charge in [0.05, 0.1) is 0 Å². The number of aryl methyl sites for hydroxylation is 1. The normalized spacial score (nSPS) is 11.0. The topological polar surface area (TPSA) is 34.0 Å². The Hall–Kier alpha value is -2.47. The summed E-state index contributed by atoms with van der Waals surface area (Å²) < 4.78 is 2.00. The summed E-state index contributed by atoms with van der Waals surface area (Å²) in [7, 11) is 0. The molecule has 0 radical (unpaired) electrons. The summed E-state index contributed by atoms with van der Waals surface area (Å²) >= 11 is 0. The van der Waals surface area contributed by atoms with Gasteiger partial charge in [0.1, 0.15) is 5.54 Å². The minimum atomic E-state index is -0.574. The molecule has 3 heteroatoms. The summed E-state index contributed by atoms with van der Waals surface area (Å²) in [5, 5.41) is 3.00. The molecular formula is C19H22N2O. The van der Waals surface area contributed by atoms with Crippen molar-refractivity contribution in [2.45, 2.75) is 39.2 Å². The van der Waals surface area contributed by atoms with E-state index in [1.807, 2.05) is 68.1 Å². The molecule has 0 aliphatic carbocycles. The highest BCUT2D eigenvalue weighted by Crippen LogP contribution is 2.19. The van der Waals surface area contributed by atoms with Crippen molar-refractivity contribution in [1.29, 1.82) is 0 Å². The third-order valence-corrected chi connectivity index (χ3v) is 4.19. The summed E-state index contributed by atoms with van der Waals surface area (Å²) in [6.07, 6.45) is 11.0. The van der Waals surface area contributed by atoms with Gasteiger partial charge in [-0.05, 0) is 49.6 Å². The first-order valence-electron chi connectivity index (χ1n) is 7.59. The van der Waals surface area contributed by atoms with Crippen molar-refractivity contribution in [2.75, 3.05) is 0 Å². The van der Waals surface area contributed by atoms with Gasteiger partial charge >= 0.3 is 0 Å². The van der Waals surface area contributed by atoms with E-state index in [-0.39, 0.29) is 5.91 Å². The standard InChI is InChI=1S/C19H22N2O/c1-5-19(6-2,7-3)20-18(22)16-11-10-15(4)17(14-16)21-12-8-9-13-21/h1,8-14H,6-7H2,2-4H3,(H,20,22). The van der Waals surface area contributed by atoms with Crippen LogP contribution in [0.5, 0.6) is 0 Å². The molecule has 0 spiro atoms. The van der Waals surface area contributed by atoms with Gasteiger partial charge in [-0.3, -0.25) is 4.79 Å². The number of hydrogen-bond donors (Lipinski definition) is 1. The second kappa shape index (κ2) is 6.53. The summed E-state index contributed by atoms with van der Waals surface area (Å²) in [4.78, 5) is 12.6. The molecular weight excluding hydrogens is 272 g/mol. The lowest BCUT2D eigenvalue weighted by Crippen LogP contribution is -2.46. The highest BCUT2D eigenvalue weighted by molar-refractivity contribution is 5.95. The van der Waals surface area contributed by atoms with Crippen molar-refractivity contribution in [2.24, 2.45) is 0 Å². The number of carbonyl (C=O) groups is 1. The Morgan fingerprint density at radius 3 is 2.45 bits per heavy atom. The molecule has 1 heterocycles. The first kappa shape index (κ1) is 15.9. The highest BCUT2D eigenvalue weighted by Gasteiger charge is 2.26. The largest absolute Gasteiger partial charge is 0.336 e. The third kappa shape index (κ3) is 3.07. The number of terminal acetylenes is 1. The van der Waals surface area contributed by atoms with Gasteiger partial charge in [-0.1, -0.05) is 25.8 Å². The molecule has 1 amide bonds. The monoisotopic (exact) mass is 294 g/mol. The predicted octanol–water partition coefficient (Wildman–Crippen LogP) is 3.71. The van der Waals surface area contributed by atoms with Crippen LogP contribution in [0.1, 0.15) is 42.6 Å². The van der Waals surface area contributed by atoms with Gasteiger partial charge in [0.2, 0.25) is 0 Å². The van der Waals surface area contributed by atoms with Crippen molar-refractivity contribution in [3.8, 4) is 18.0 Å². The molecule has 0 fully saturated rings. The molecule has 0 bridgehead atoms. The van der Waals surface area contributed by atoms with Crippen molar-refractivity contribution in [3.05, 3.63) is 53.9 Å². The first-order chi connectivity index (χ1) is 10.5. The van der Waals surface area contributed by atoms with Crippen molar-refractivity contribution in [1.82, 2.24) is 9.88 Å². The van der Waals surface area contributed by atoms with Gasteiger partial charge < -0.3 is 9.88 Å². The van der Waals surface area contributed by atoms with E-state index in [2.05, 4.69) is 11.2 Å². The molecule has 0 aliphatic rings. The van der Waals surface area contributed by atoms with E-state index >= 15 is 0 Å². The molecule has 0 saturated carbocycles. The fourth-order valence-corrected chi connectivity index (χ4v) is 2.48. The molecule has 1 N–H and O–H groups in total. The molecule has 22 heavy (non-hydrogen) atoms. The zero-order valence-corrected chi connectivity index (χ0v) is 13.4. The average molecular weight is 294 g/mol. The van der Waals surface area contributed by atoms with Crippen LogP contribution in [-0.2, 0) is 0 Å². The number of hydrogen-bond acceptors (Lipinski definition) is 1. The van der Waals surface area contributed by atoms with E-state index in [9.17, 15) is 4.79 Å². The fourth-order valence-electron chi connectivity index (χ4n) is 2.48. The molecule has 0 aliphatic heterocycles. The maximum Gasteiger partial charge on any atom is 0.252 e. The summed E-state index contributed by atoms with van der Waals surface area (Å²) in [5.41, 5.74) is 2.16. The maximum atomic E-state index is 12.6. The molecule has 2 rings (SSSR count). The Morgan fingerprint density at radius 2 is 1.91 bits per heavy atom. The maximum absolute atomic E-state index is 12.6. The third-order valence-electron chi connectivity index (χ3n) is 4.19. The average Bonchev–Trinajstić information content (AvgIpc) is 3.07. The first-order valence-corrected chi connectivity index (χ1v) is 7.59. The van der Waals surface area contributed by atoms with Crippen molar-refractivity contribution >= 4 is 5.91 Å². The Morgan fingerprint density at radius 1 is 1.27 bits per heavy atom. The molecule has 0 atom stereocenters. The fraction of sp³-hybridized carbons (Fsp3) is 0.316. The van der Waals surface area contributed by atoms with E-state index in [4.69, 9.17) is 6.42 Å². The number of amides is 1. The lowest BCUT2D eigenvalue weighted by atomic mass is 9.93.